The maximum absolute atomic E-state index is 13.0. The summed E-state index contributed by atoms with van der Waals surface area (Å²) in [4.78, 5) is 3.73. The van der Waals surface area contributed by atoms with Crippen LogP contribution in [0.2, 0.25) is 5.02 Å². The number of alkyl halides is 1. The predicted molar refractivity (Wildman–Crippen MR) is 51.4 cm³/mol. The monoisotopic (exact) mass is 217 g/mol. The fourth-order valence-electron chi connectivity index (χ4n) is 0.700. The van der Waals surface area contributed by atoms with E-state index in [-0.39, 0.29) is 10.7 Å². The van der Waals surface area contributed by atoms with Crippen molar-refractivity contribution in [3.05, 3.63) is 28.8 Å². The van der Waals surface area contributed by atoms with E-state index in [0.29, 0.717) is 12.3 Å². The third kappa shape index (κ3) is 3.22. The van der Waals surface area contributed by atoms with Crippen molar-refractivity contribution in [3.8, 4) is 11.8 Å². The first kappa shape index (κ1) is 10.3. The first-order valence-corrected chi connectivity index (χ1v) is 4.51. The number of pyridine rings is 1. The van der Waals surface area contributed by atoms with Gasteiger partial charge in [-0.1, -0.05) is 17.5 Å². The van der Waals surface area contributed by atoms with Crippen molar-refractivity contribution >= 4 is 23.2 Å². The first-order valence-electron chi connectivity index (χ1n) is 3.60. The van der Waals surface area contributed by atoms with E-state index in [1.165, 1.54) is 12.3 Å². The second-order valence-electron chi connectivity index (χ2n) is 2.22. The second-order valence-corrected chi connectivity index (χ2v) is 3.04. The van der Waals surface area contributed by atoms with Gasteiger partial charge in [0.1, 0.15) is 5.69 Å². The Morgan fingerprint density at radius 3 is 2.92 bits per heavy atom. The maximum atomic E-state index is 13.0. The summed E-state index contributed by atoms with van der Waals surface area (Å²) in [6, 6.07) is 1.18. The van der Waals surface area contributed by atoms with Crippen LogP contribution in [0.5, 0.6) is 0 Å². The minimum Gasteiger partial charge on any atom is -0.243 e. The third-order valence-corrected chi connectivity index (χ3v) is 1.63. The van der Waals surface area contributed by atoms with Crippen LogP contribution in [-0.2, 0) is 0 Å². The molecule has 68 valence electrons. The highest BCUT2D eigenvalue weighted by molar-refractivity contribution is 6.30. The number of hydrogen-bond acceptors (Lipinski definition) is 1. The largest absolute Gasteiger partial charge is 0.243 e. The van der Waals surface area contributed by atoms with Crippen LogP contribution in [0, 0.1) is 17.7 Å². The molecular formula is C9H6Cl2FN. The molecule has 0 bridgehead atoms. The molecule has 0 unspecified atom stereocenters. The smallest absolute Gasteiger partial charge is 0.158 e. The molecule has 1 rings (SSSR count). The van der Waals surface area contributed by atoms with Gasteiger partial charge in [-0.25, -0.2) is 9.37 Å². The molecule has 0 aromatic carbocycles. The summed E-state index contributed by atoms with van der Waals surface area (Å²) in [5.74, 6) is 5.17. The summed E-state index contributed by atoms with van der Waals surface area (Å²) in [5, 5.41) is 0.264. The van der Waals surface area contributed by atoms with E-state index in [9.17, 15) is 4.39 Å². The van der Waals surface area contributed by atoms with Crippen LogP contribution < -0.4 is 0 Å². The van der Waals surface area contributed by atoms with E-state index in [2.05, 4.69) is 16.8 Å². The van der Waals surface area contributed by atoms with Crippen LogP contribution >= 0.6 is 23.2 Å². The van der Waals surface area contributed by atoms with E-state index in [1.807, 2.05) is 0 Å². The SMILES string of the molecule is Fc1cc(Cl)cnc1C#CCCCl. The molecule has 0 spiro atoms. The topological polar surface area (TPSA) is 12.9 Å². The van der Waals surface area contributed by atoms with Crippen molar-refractivity contribution < 1.29 is 4.39 Å². The van der Waals surface area contributed by atoms with Crippen molar-refractivity contribution in [2.45, 2.75) is 6.42 Å². The fraction of sp³-hybridized carbons (Fsp3) is 0.222. The quantitative estimate of drug-likeness (QED) is 0.521. The summed E-state index contributed by atoms with van der Waals surface area (Å²) in [6.07, 6.45) is 1.88. The molecule has 1 nitrogen and oxygen atoms in total. The molecule has 13 heavy (non-hydrogen) atoms. The Morgan fingerprint density at radius 1 is 1.54 bits per heavy atom. The zero-order chi connectivity index (χ0) is 9.68. The lowest BCUT2D eigenvalue weighted by Gasteiger charge is -1.92. The lowest BCUT2D eigenvalue weighted by Crippen LogP contribution is -1.88. The molecule has 0 amide bonds. The van der Waals surface area contributed by atoms with Gasteiger partial charge in [0.15, 0.2) is 5.82 Å². The molecule has 0 aliphatic heterocycles. The van der Waals surface area contributed by atoms with Crippen LogP contribution in [0.3, 0.4) is 0 Å². The van der Waals surface area contributed by atoms with Gasteiger partial charge in [0.2, 0.25) is 0 Å². The summed E-state index contributed by atoms with van der Waals surface area (Å²) in [6.45, 7) is 0. The van der Waals surface area contributed by atoms with Gasteiger partial charge in [-0.3, -0.25) is 0 Å². The Hall–Kier alpha value is -0.780. The Bertz CT molecular complexity index is 354. The molecule has 0 atom stereocenters. The molecule has 0 saturated heterocycles. The zero-order valence-corrected chi connectivity index (χ0v) is 8.16. The summed E-state index contributed by atoms with van der Waals surface area (Å²) >= 11 is 10.9. The van der Waals surface area contributed by atoms with Crippen molar-refractivity contribution in [2.24, 2.45) is 0 Å². The Morgan fingerprint density at radius 2 is 2.31 bits per heavy atom. The van der Waals surface area contributed by atoms with Crippen LogP contribution in [0.15, 0.2) is 12.3 Å². The van der Waals surface area contributed by atoms with E-state index in [0.717, 1.165) is 0 Å². The van der Waals surface area contributed by atoms with E-state index >= 15 is 0 Å². The molecule has 0 radical (unpaired) electrons. The number of aromatic nitrogens is 1. The van der Waals surface area contributed by atoms with Gasteiger partial charge in [-0.15, -0.1) is 11.6 Å². The van der Waals surface area contributed by atoms with Crippen LogP contribution in [0.1, 0.15) is 12.1 Å². The minimum atomic E-state index is -0.505. The zero-order valence-electron chi connectivity index (χ0n) is 6.65. The van der Waals surface area contributed by atoms with Gasteiger partial charge in [0, 0.05) is 18.5 Å². The molecule has 0 fully saturated rings. The average molecular weight is 218 g/mol. The van der Waals surface area contributed by atoms with Crippen LogP contribution in [0.4, 0.5) is 4.39 Å². The van der Waals surface area contributed by atoms with Crippen molar-refractivity contribution in [3.63, 3.8) is 0 Å². The highest BCUT2D eigenvalue weighted by atomic mass is 35.5. The normalized spacial score (nSPS) is 9.15. The molecular weight excluding hydrogens is 212 g/mol. The second kappa shape index (κ2) is 5.06. The van der Waals surface area contributed by atoms with Gasteiger partial charge in [0.05, 0.1) is 5.02 Å². The first-order chi connectivity index (χ1) is 6.24. The lowest BCUT2D eigenvalue weighted by molar-refractivity contribution is 0.617. The Kier molecular flexibility index (Phi) is 4.01. The summed E-state index contributed by atoms with van der Waals surface area (Å²) in [7, 11) is 0. The Labute approximate surface area is 85.9 Å². The molecule has 0 aliphatic rings. The molecule has 4 heteroatoms. The summed E-state index contributed by atoms with van der Waals surface area (Å²) in [5.41, 5.74) is 0.106. The number of rotatable bonds is 1. The van der Waals surface area contributed by atoms with Gasteiger partial charge in [-0.05, 0) is 12.0 Å². The Balaban J connectivity index is 2.85. The molecule has 0 N–H and O–H groups in total. The van der Waals surface area contributed by atoms with Crippen molar-refractivity contribution in [1.29, 1.82) is 0 Å². The molecule has 1 aromatic heterocycles. The highest BCUT2D eigenvalue weighted by Gasteiger charge is 2.00. The molecule has 1 aromatic rings. The van der Waals surface area contributed by atoms with Gasteiger partial charge < -0.3 is 0 Å². The molecule has 0 saturated carbocycles. The maximum Gasteiger partial charge on any atom is 0.158 e. The number of halogens is 3. The van der Waals surface area contributed by atoms with E-state index < -0.39 is 5.82 Å². The average Bonchev–Trinajstić information content (AvgIpc) is 2.09. The van der Waals surface area contributed by atoms with Gasteiger partial charge in [0.25, 0.3) is 0 Å². The minimum absolute atomic E-state index is 0.106. The standard InChI is InChI=1S/C9H6Cl2FN/c10-4-2-1-3-9-8(12)5-7(11)6-13-9/h5-6H,2,4H2. The molecule has 1 heterocycles. The summed E-state index contributed by atoms with van der Waals surface area (Å²) < 4.78 is 13.0. The van der Waals surface area contributed by atoms with Crippen molar-refractivity contribution in [2.75, 3.05) is 5.88 Å². The van der Waals surface area contributed by atoms with Crippen molar-refractivity contribution in [1.82, 2.24) is 4.98 Å². The number of nitrogens with zero attached hydrogens (tertiary/aromatic N) is 1. The van der Waals surface area contributed by atoms with Gasteiger partial charge in [-0.2, -0.15) is 0 Å². The van der Waals surface area contributed by atoms with Gasteiger partial charge >= 0.3 is 0 Å². The van der Waals surface area contributed by atoms with Crippen LogP contribution in [0.25, 0.3) is 0 Å². The molecule has 0 aliphatic carbocycles. The number of hydrogen-bond donors (Lipinski definition) is 0. The highest BCUT2D eigenvalue weighted by Crippen LogP contribution is 2.10. The van der Waals surface area contributed by atoms with E-state index in [4.69, 9.17) is 23.2 Å². The predicted octanol–water partition coefficient (Wildman–Crippen LogP) is 2.85. The third-order valence-electron chi connectivity index (χ3n) is 1.23. The van der Waals surface area contributed by atoms with E-state index in [1.54, 1.807) is 0 Å². The van der Waals surface area contributed by atoms with Crippen LogP contribution in [-0.4, -0.2) is 10.9 Å². The lowest BCUT2D eigenvalue weighted by atomic mass is 10.3. The fourth-order valence-corrected chi connectivity index (χ4v) is 0.939.